The summed E-state index contributed by atoms with van der Waals surface area (Å²) in [5.41, 5.74) is 0. The van der Waals surface area contributed by atoms with Gasteiger partial charge in [0.05, 0.1) is 25.4 Å². The number of aliphatic hydroxyl groups excluding tert-OH is 5. The first-order chi connectivity index (χ1) is 25.8. The summed E-state index contributed by atoms with van der Waals surface area (Å²) >= 11 is 0. The van der Waals surface area contributed by atoms with Gasteiger partial charge < -0.3 is 40.3 Å². The number of nitrogens with one attached hydrogen (secondary N) is 1. The van der Waals surface area contributed by atoms with E-state index in [2.05, 4.69) is 19.2 Å². The number of unbranched alkanes of at least 4 members (excludes halogenated alkanes) is 27. The highest BCUT2D eigenvalue weighted by molar-refractivity contribution is 5.76. The van der Waals surface area contributed by atoms with Crippen LogP contribution in [0.2, 0.25) is 0 Å². The van der Waals surface area contributed by atoms with Crippen LogP contribution in [-0.2, 0) is 14.3 Å². The van der Waals surface area contributed by atoms with E-state index in [-0.39, 0.29) is 12.5 Å². The Morgan fingerprint density at radius 1 is 0.623 bits per heavy atom. The molecule has 1 aliphatic rings. The van der Waals surface area contributed by atoms with Gasteiger partial charge in [-0.25, -0.2) is 0 Å². The summed E-state index contributed by atoms with van der Waals surface area (Å²) in [7, 11) is 0. The Labute approximate surface area is 325 Å². The van der Waals surface area contributed by atoms with E-state index in [0.717, 1.165) is 38.5 Å². The molecule has 6 N–H and O–H groups in total. The van der Waals surface area contributed by atoms with E-state index < -0.39 is 49.5 Å². The molecule has 1 rings (SSSR count). The fourth-order valence-electron chi connectivity index (χ4n) is 7.21. The summed E-state index contributed by atoms with van der Waals surface area (Å²) in [4.78, 5) is 12.9. The minimum absolute atomic E-state index is 0.175. The highest BCUT2D eigenvalue weighted by atomic mass is 16.7. The predicted octanol–water partition coefficient (Wildman–Crippen LogP) is 8.95. The standard InChI is InChI=1S/C44H85NO8/c1-3-5-7-9-11-13-15-17-18-19-20-21-22-24-26-28-30-32-34-40(48)45-37(36-52-44-43(51)42(50)41(49)39(35-46)53-44)38(47)33-31-29-27-25-23-16-14-12-10-8-6-4-2/h31,33,37-39,41-44,46-47,49-51H,3-30,32,34-36H2,1-2H3,(H,45,48)/b33-31+/t37-,38+,39-,41-,42?,43?,44-/m0/s1. The van der Waals surface area contributed by atoms with E-state index in [1.165, 1.54) is 148 Å². The van der Waals surface area contributed by atoms with Crippen molar-refractivity contribution in [2.24, 2.45) is 0 Å². The molecule has 1 aliphatic heterocycles. The van der Waals surface area contributed by atoms with Crippen molar-refractivity contribution < 1.29 is 39.8 Å². The maximum Gasteiger partial charge on any atom is 0.220 e. The summed E-state index contributed by atoms with van der Waals surface area (Å²) in [6.07, 6.45) is 32.5. The molecule has 53 heavy (non-hydrogen) atoms. The van der Waals surface area contributed by atoms with Gasteiger partial charge >= 0.3 is 0 Å². The Morgan fingerprint density at radius 3 is 1.47 bits per heavy atom. The zero-order chi connectivity index (χ0) is 38.8. The fourth-order valence-corrected chi connectivity index (χ4v) is 7.21. The van der Waals surface area contributed by atoms with Gasteiger partial charge in [0, 0.05) is 6.42 Å². The van der Waals surface area contributed by atoms with Crippen molar-refractivity contribution in [1.82, 2.24) is 5.32 Å². The van der Waals surface area contributed by atoms with Gasteiger partial charge in [-0.05, 0) is 19.3 Å². The smallest absolute Gasteiger partial charge is 0.220 e. The van der Waals surface area contributed by atoms with Gasteiger partial charge in [0.25, 0.3) is 0 Å². The van der Waals surface area contributed by atoms with Crippen molar-refractivity contribution in [3.63, 3.8) is 0 Å². The van der Waals surface area contributed by atoms with E-state index in [1.807, 2.05) is 6.08 Å². The second-order valence-corrected chi connectivity index (χ2v) is 15.9. The van der Waals surface area contributed by atoms with Crippen molar-refractivity contribution in [2.75, 3.05) is 13.2 Å². The second kappa shape index (κ2) is 35.4. The lowest BCUT2D eigenvalue weighted by Gasteiger charge is -2.40. The minimum atomic E-state index is -1.56. The number of hydrogen-bond donors (Lipinski definition) is 6. The lowest BCUT2D eigenvalue weighted by molar-refractivity contribution is -0.302. The molecular weight excluding hydrogens is 670 g/mol. The molecule has 7 atom stereocenters. The molecular formula is C44H85NO8. The molecule has 0 aromatic rings. The third-order valence-electron chi connectivity index (χ3n) is 10.9. The normalized spacial score (nSPS) is 21.7. The molecule has 0 bridgehead atoms. The Kier molecular flexibility index (Phi) is 33.3. The van der Waals surface area contributed by atoms with Crippen LogP contribution in [0, 0.1) is 0 Å². The average Bonchev–Trinajstić information content (AvgIpc) is 3.16. The number of ether oxygens (including phenoxy) is 2. The van der Waals surface area contributed by atoms with Gasteiger partial charge in [-0.2, -0.15) is 0 Å². The first-order valence-corrected chi connectivity index (χ1v) is 22.4. The molecule has 0 aromatic carbocycles. The first kappa shape index (κ1) is 49.9. The van der Waals surface area contributed by atoms with Gasteiger partial charge in [-0.3, -0.25) is 4.79 Å². The monoisotopic (exact) mass is 756 g/mol. The lowest BCUT2D eigenvalue weighted by Crippen LogP contribution is -2.60. The number of carbonyl (C=O) groups excluding carboxylic acids is 1. The number of allylic oxidation sites excluding steroid dienone is 1. The van der Waals surface area contributed by atoms with Crippen LogP contribution in [-0.4, -0.2) is 87.5 Å². The molecule has 0 saturated carbocycles. The first-order valence-electron chi connectivity index (χ1n) is 22.4. The third-order valence-corrected chi connectivity index (χ3v) is 10.9. The van der Waals surface area contributed by atoms with Crippen LogP contribution in [0.25, 0.3) is 0 Å². The van der Waals surface area contributed by atoms with Gasteiger partial charge in [0.1, 0.15) is 24.4 Å². The summed E-state index contributed by atoms with van der Waals surface area (Å²) in [5.74, 6) is -0.175. The van der Waals surface area contributed by atoms with Crippen molar-refractivity contribution in [3.05, 3.63) is 12.2 Å². The van der Waals surface area contributed by atoms with Gasteiger partial charge in [-0.1, -0.05) is 193 Å². The fraction of sp³-hybridized carbons (Fsp3) is 0.932. The summed E-state index contributed by atoms with van der Waals surface area (Å²) in [5, 5.41) is 54.1. The number of amides is 1. The Balaban J connectivity index is 2.34. The average molecular weight is 756 g/mol. The van der Waals surface area contributed by atoms with Crippen molar-refractivity contribution in [2.45, 2.75) is 249 Å². The van der Waals surface area contributed by atoms with E-state index >= 15 is 0 Å². The molecule has 314 valence electrons. The number of rotatable bonds is 37. The van der Waals surface area contributed by atoms with Crippen LogP contribution in [0.3, 0.4) is 0 Å². The zero-order valence-corrected chi connectivity index (χ0v) is 34.3. The van der Waals surface area contributed by atoms with Crippen LogP contribution < -0.4 is 5.32 Å². The van der Waals surface area contributed by atoms with Crippen LogP contribution in [0.15, 0.2) is 12.2 Å². The maximum atomic E-state index is 12.9. The van der Waals surface area contributed by atoms with Crippen LogP contribution in [0.1, 0.15) is 206 Å². The van der Waals surface area contributed by atoms with Crippen molar-refractivity contribution >= 4 is 5.91 Å². The SMILES string of the molecule is CCCCCCCCCCCC/C=C/[C@@H](O)[C@H](CO[C@H]1O[C@@H](CO)[C@H](O)C(O)C1O)NC(=O)CCCCCCCCCCCCCCCCCCCC. The molecule has 0 spiro atoms. The molecule has 0 aliphatic carbocycles. The molecule has 9 heteroatoms. The van der Waals surface area contributed by atoms with E-state index in [9.17, 15) is 30.3 Å². The largest absolute Gasteiger partial charge is 0.394 e. The van der Waals surface area contributed by atoms with Gasteiger partial charge in [-0.15, -0.1) is 0 Å². The Morgan fingerprint density at radius 2 is 1.04 bits per heavy atom. The molecule has 1 saturated heterocycles. The number of aliphatic hydroxyl groups is 5. The van der Waals surface area contributed by atoms with Crippen LogP contribution >= 0.6 is 0 Å². The Bertz CT molecular complexity index is 842. The minimum Gasteiger partial charge on any atom is -0.394 e. The van der Waals surface area contributed by atoms with Crippen molar-refractivity contribution in [1.29, 1.82) is 0 Å². The predicted molar refractivity (Wildman–Crippen MR) is 217 cm³/mol. The van der Waals surface area contributed by atoms with Crippen molar-refractivity contribution in [3.8, 4) is 0 Å². The third kappa shape index (κ3) is 26.4. The summed E-state index contributed by atoms with van der Waals surface area (Å²) in [6, 6.07) is -0.797. The van der Waals surface area contributed by atoms with E-state index in [0.29, 0.717) is 6.42 Å². The lowest BCUT2D eigenvalue weighted by atomic mass is 9.99. The molecule has 1 heterocycles. The molecule has 2 unspecified atom stereocenters. The van der Waals surface area contributed by atoms with Crippen LogP contribution in [0.4, 0.5) is 0 Å². The molecule has 1 fully saturated rings. The quantitative estimate of drug-likeness (QED) is 0.0272. The maximum absolute atomic E-state index is 12.9. The molecule has 0 radical (unpaired) electrons. The highest BCUT2D eigenvalue weighted by Gasteiger charge is 2.44. The topological polar surface area (TPSA) is 149 Å². The summed E-state index contributed by atoms with van der Waals surface area (Å²) < 4.78 is 11.2. The Hall–Kier alpha value is -1.07. The molecule has 9 nitrogen and oxygen atoms in total. The number of hydrogen-bond acceptors (Lipinski definition) is 8. The molecule has 0 aromatic heterocycles. The molecule has 1 amide bonds. The van der Waals surface area contributed by atoms with E-state index in [4.69, 9.17) is 9.47 Å². The van der Waals surface area contributed by atoms with Gasteiger partial charge in [0.2, 0.25) is 5.91 Å². The second-order valence-electron chi connectivity index (χ2n) is 15.9. The number of carbonyl (C=O) groups is 1. The zero-order valence-electron chi connectivity index (χ0n) is 34.3. The van der Waals surface area contributed by atoms with E-state index in [1.54, 1.807) is 6.08 Å². The summed E-state index contributed by atoms with van der Waals surface area (Å²) in [6.45, 7) is 3.77. The highest BCUT2D eigenvalue weighted by Crippen LogP contribution is 2.23. The van der Waals surface area contributed by atoms with Crippen LogP contribution in [0.5, 0.6) is 0 Å². The van der Waals surface area contributed by atoms with Gasteiger partial charge in [0.15, 0.2) is 6.29 Å².